The van der Waals surface area contributed by atoms with Crippen molar-refractivity contribution < 1.29 is 9.53 Å². The molecular formula is C13H13N3O2S. The molecule has 0 amide bonds. The summed E-state index contributed by atoms with van der Waals surface area (Å²) < 4.78 is 6.26. The zero-order valence-electron chi connectivity index (χ0n) is 10.3. The molecule has 2 heterocycles. The predicted octanol–water partition coefficient (Wildman–Crippen LogP) is 1.77. The maximum atomic E-state index is 10.7. The van der Waals surface area contributed by atoms with Crippen LogP contribution in [0.5, 0.6) is 0 Å². The molecule has 19 heavy (non-hydrogen) atoms. The van der Waals surface area contributed by atoms with E-state index >= 15 is 0 Å². The van der Waals surface area contributed by atoms with Crippen molar-refractivity contribution in [3.63, 3.8) is 0 Å². The number of thiazole rings is 1. The summed E-state index contributed by atoms with van der Waals surface area (Å²) in [5.41, 5.74) is 1.61. The third kappa shape index (κ3) is 2.36. The summed E-state index contributed by atoms with van der Waals surface area (Å²) in [5.74, 6) is 0.492. The van der Waals surface area contributed by atoms with Gasteiger partial charge in [0.1, 0.15) is 5.84 Å². The second kappa shape index (κ2) is 5.07. The molecule has 1 aromatic heterocycles. The number of carbonyl (C=O) groups excluding carboxylic acids is 1. The van der Waals surface area contributed by atoms with Crippen LogP contribution in [0.3, 0.4) is 0 Å². The normalized spacial score (nSPS) is 15.7. The van der Waals surface area contributed by atoms with Crippen molar-refractivity contribution in [1.82, 2.24) is 9.88 Å². The van der Waals surface area contributed by atoms with Crippen molar-refractivity contribution in [3.8, 4) is 0 Å². The van der Waals surface area contributed by atoms with E-state index in [1.807, 2.05) is 23.1 Å². The van der Waals surface area contributed by atoms with Crippen molar-refractivity contribution in [2.24, 2.45) is 0 Å². The topological polar surface area (TPSA) is 66.3 Å². The van der Waals surface area contributed by atoms with Crippen molar-refractivity contribution in [3.05, 3.63) is 28.8 Å². The van der Waals surface area contributed by atoms with Gasteiger partial charge >= 0.3 is 0 Å². The number of nitrogens with one attached hydrogen (secondary N) is 1. The Balaban J connectivity index is 1.91. The number of nitrogens with zero attached hydrogens (tertiary/aromatic N) is 2. The molecule has 0 saturated carbocycles. The minimum absolute atomic E-state index is 0.477. The number of morpholine rings is 1. The maximum absolute atomic E-state index is 10.7. The Labute approximate surface area is 114 Å². The van der Waals surface area contributed by atoms with Crippen LogP contribution in [-0.2, 0) is 4.74 Å². The lowest BCUT2D eigenvalue weighted by molar-refractivity contribution is 0.0680. The molecule has 6 heteroatoms. The van der Waals surface area contributed by atoms with Gasteiger partial charge in [-0.2, -0.15) is 0 Å². The van der Waals surface area contributed by atoms with Crippen molar-refractivity contribution in [2.45, 2.75) is 0 Å². The van der Waals surface area contributed by atoms with Crippen LogP contribution in [0.15, 0.2) is 18.2 Å². The lowest BCUT2D eigenvalue weighted by atomic mass is 10.1. The highest BCUT2D eigenvalue weighted by molar-refractivity contribution is 7.20. The number of hydrogen-bond acceptors (Lipinski definition) is 5. The van der Waals surface area contributed by atoms with E-state index in [1.54, 1.807) is 0 Å². The molecule has 1 fully saturated rings. The van der Waals surface area contributed by atoms with Crippen LogP contribution in [0.25, 0.3) is 10.2 Å². The highest BCUT2D eigenvalue weighted by Gasteiger charge is 2.16. The number of hydrogen-bond donors (Lipinski definition) is 1. The molecule has 2 aromatic rings. The first-order valence-corrected chi connectivity index (χ1v) is 6.87. The van der Waals surface area contributed by atoms with Gasteiger partial charge in [-0.25, -0.2) is 4.98 Å². The zero-order chi connectivity index (χ0) is 13.2. The molecular weight excluding hydrogens is 262 g/mol. The van der Waals surface area contributed by atoms with Crippen molar-refractivity contribution >= 4 is 33.7 Å². The van der Waals surface area contributed by atoms with E-state index < -0.39 is 0 Å². The van der Waals surface area contributed by atoms with E-state index in [4.69, 9.17) is 10.1 Å². The third-order valence-corrected chi connectivity index (χ3v) is 4.07. The molecule has 0 radical (unpaired) electrons. The number of rotatable bonds is 2. The molecule has 1 N–H and O–H groups in total. The van der Waals surface area contributed by atoms with E-state index in [0.29, 0.717) is 24.1 Å². The Bertz CT molecular complexity index is 632. The lowest BCUT2D eigenvalue weighted by Crippen LogP contribution is -2.40. The molecule has 1 aliphatic rings. The van der Waals surface area contributed by atoms with Gasteiger partial charge in [0.05, 0.1) is 23.4 Å². The van der Waals surface area contributed by atoms with Crippen LogP contribution in [0.2, 0.25) is 0 Å². The molecule has 1 aliphatic heterocycles. The Morgan fingerprint density at radius 2 is 2.21 bits per heavy atom. The summed E-state index contributed by atoms with van der Waals surface area (Å²) in [7, 11) is 0. The van der Waals surface area contributed by atoms with Crippen LogP contribution in [0, 0.1) is 5.41 Å². The second-order valence-electron chi connectivity index (χ2n) is 4.30. The van der Waals surface area contributed by atoms with Crippen LogP contribution in [-0.4, -0.2) is 48.3 Å². The summed E-state index contributed by atoms with van der Waals surface area (Å²) in [4.78, 5) is 17.0. The summed E-state index contributed by atoms with van der Waals surface area (Å²) in [6.45, 7) is 2.81. The van der Waals surface area contributed by atoms with Gasteiger partial charge in [-0.15, -0.1) is 11.3 Å². The molecule has 1 aromatic carbocycles. The molecule has 0 aliphatic carbocycles. The molecule has 0 atom stereocenters. The van der Waals surface area contributed by atoms with Gasteiger partial charge in [0, 0.05) is 18.7 Å². The Kier molecular flexibility index (Phi) is 3.27. The fourth-order valence-corrected chi connectivity index (χ4v) is 2.88. The lowest BCUT2D eigenvalue weighted by Gasteiger charge is -2.29. The Morgan fingerprint density at radius 3 is 2.95 bits per heavy atom. The van der Waals surface area contributed by atoms with E-state index in [0.717, 1.165) is 35.2 Å². The van der Waals surface area contributed by atoms with Crippen molar-refractivity contribution in [1.29, 1.82) is 5.41 Å². The quantitative estimate of drug-likeness (QED) is 0.515. The van der Waals surface area contributed by atoms with Gasteiger partial charge in [0.25, 0.3) is 0 Å². The maximum Gasteiger partial charge on any atom is 0.178 e. The van der Waals surface area contributed by atoms with E-state index in [9.17, 15) is 4.79 Å². The van der Waals surface area contributed by atoms with Gasteiger partial charge in [-0.3, -0.25) is 10.2 Å². The standard InChI is InChI=1S/C13H13N3O2S/c14-13(16-3-5-18-6-4-16)9-1-2-11-10(7-9)15-12(8-17)19-11/h1-2,7-8,14H,3-6H2. The van der Waals surface area contributed by atoms with Crippen LogP contribution >= 0.6 is 11.3 Å². The average molecular weight is 275 g/mol. The molecule has 3 rings (SSSR count). The first kappa shape index (κ1) is 12.3. The van der Waals surface area contributed by atoms with Crippen molar-refractivity contribution in [2.75, 3.05) is 26.3 Å². The number of amidine groups is 1. The number of carbonyl (C=O) groups is 1. The minimum atomic E-state index is 0.477. The highest BCUT2D eigenvalue weighted by Crippen LogP contribution is 2.22. The smallest absolute Gasteiger partial charge is 0.178 e. The van der Waals surface area contributed by atoms with Crippen LogP contribution < -0.4 is 0 Å². The second-order valence-corrected chi connectivity index (χ2v) is 5.36. The number of aromatic nitrogens is 1. The SMILES string of the molecule is N=C(c1ccc2sc(C=O)nc2c1)N1CCOCC1. The van der Waals surface area contributed by atoms with Gasteiger partial charge in [0.15, 0.2) is 11.3 Å². The monoisotopic (exact) mass is 275 g/mol. The third-order valence-electron chi connectivity index (χ3n) is 3.11. The van der Waals surface area contributed by atoms with Gasteiger partial charge in [-0.05, 0) is 18.2 Å². The first-order chi connectivity index (χ1) is 9.28. The summed E-state index contributed by atoms with van der Waals surface area (Å²) in [6, 6.07) is 5.70. The van der Waals surface area contributed by atoms with Gasteiger partial charge in [0.2, 0.25) is 0 Å². The van der Waals surface area contributed by atoms with E-state index in [2.05, 4.69) is 4.98 Å². The largest absolute Gasteiger partial charge is 0.378 e. The summed E-state index contributed by atoms with van der Waals surface area (Å²) in [5, 5.41) is 8.70. The minimum Gasteiger partial charge on any atom is -0.378 e. The molecule has 0 spiro atoms. The molecule has 0 bridgehead atoms. The highest BCUT2D eigenvalue weighted by atomic mass is 32.1. The number of fused-ring (bicyclic) bond motifs is 1. The van der Waals surface area contributed by atoms with E-state index in [1.165, 1.54) is 11.3 Å². The molecule has 98 valence electrons. The Morgan fingerprint density at radius 1 is 1.42 bits per heavy atom. The number of aldehydes is 1. The summed E-state index contributed by atoms with van der Waals surface area (Å²) in [6.07, 6.45) is 0.762. The fraction of sp³-hybridized carbons (Fsp3) is 0.308. The predicted molar refractivity (Wildman–Crippen MR) is 74.2 cm³/mol. The van der Waals surface area contributed by atoms with Gasteiger partial charge < -0.3 is 9.64 Å². The van der Waals surface area contributed by atoms with E-state index in [-0.39, 0.29) is 0 Å². The number of ether oxygens (including phenoxy) is 1. The Hall–Kier alpha value is -1.79. The molecule has 0 unspecified atom stereocenters. The van der Waals surface area contributed by atoms with Crippen LogP contribution in [0.4, 0.5) is 0 Å². The zero-order valence-corrected chi connectivity index (χ0v) is 11.1. The van der Waals surface area contributed by atoms with Gasteiger partial charge in [-0.1, -0.05) is 0 Å². The molecule has 5 nitrogen and oxygen atoms in total. The average Bonchev–Trinajstić information content (AvgIpc) is 2.89. The first-order valence-electron chi connectivity index (χ1n) is 6.05. The summed E-state index contributed by atoms with van der Waals surface area (Å²) >= 11 is 1.37. The fourth-order valence-electron chi connectivity index (χ4n) is 2.11. The molecule has 1 saturated heterocycles. The number of benzene rings is 1. The van der Waals surface area contributed by atoms with Crippen LogP contribution in [0.1, 0.15) is 15.4 Å².